The molecule has 0 radical (unpaired) electrons. The van der Waals surface area contributed by atoms with Gasteiger partial charge in [0.2, 0.25) is 0 Å². The van der Waals surface area contributed by atoms with E-state index in [0.717, 1.165) is 16.9 Å². The number of aryl methyl sites for hydroxylation is 2. The van der Waals surface area contributed by atoms with Crippen molar-refractivity contribution >= 4 is 11.0 Å². The fraction of sp³-hybridized carbons (Fsp3) is 0.222. The second kappa shape index (κ2) is 2.30. The van der Waals surface area contributed by atoms with Crippen LogP contribution in [-0.4, -0.2) is 9.97 Å². The third-order valence-electron chi connectivity index (χ3n) is 1.80. The Morgan fingerprint density at radius 3 is 2.83 bits per heavy atom. The SMILES string of the molecule is Cc1cc(F)c2nc(C)[nH]c2c1. The fourth-order valence-electron chi connectivity index (χ4n) is 1.33. The molecule has 0 aliphatic heterocycles. The summed E-state index contributed by atoms with van der Waals surface area (Å²) in [6.07, 6.45) is 0. The lowest BCUT2D eigenvalue weighted by molar-refractivity contribution is 0.636. The molecular weight excluding hydrogens is 155 g/mol. The van der Waals surface area contributed by atoms with Gasteiger partial charge in [0.1, 0.15) is 11.3 Å². The van der Waals surface area contributed by atoms with Gasteiger partial charge in [-0.05, 0) is 31.5 Å². The van der Waals surface area contributed by atoms with Gasteiger partial charge in [0.05, 0.1) is 5.52 Å². The van der Waals surface area contributed by atoms with E-state index in [4.69, 9.17) is 0 Å². The topological polar surface area (TPSA) is 28.7 Å². The summed E-state index contributed by atoms with van der Waals surface area (Å²) in [4.78, 5) is 7.01. The third-order valence-corrected chi connectivity index (χ3v) is 1.80. The second-order valence-corrected chi connectivity index (χ2v) is 2.97. The Balaban J connectivity index is 2.88. The minimum atomic E-state index is -0.255. The van der Waals surface area contributed by atoms with E-state index in [1.54, 1.807) is 0 Å². The Morgan fingerprint density at radius 2 is 2.08 bits per heavy atom. The summed E-state index contributed by atoms with van der Waals surface area (Å²) < 4.78 is 13.2. The maximum absolute atomic E-state index is 13.2. The van der Waals surface area contributed by atoms with Crippen LogP contribution in [0, 0.1) is 19.7 Å². The van der Waals surface area contributed by atoms with Crippen LogP contribution >= 0.6 is 0 Å². The normalized spacial score (nSPS) is 10.9. The van der Waals surface area contributed by atoms with Crippen molar-refractivity contribution in [2.24, 2.45) is 0 Å². The van der Waals surface area contributed by atoms with Crippen molar-refractivity contribution in [3.05, 3.63) is 29.3 Å². The molecule has 0 bridgehead atoms. The molecule has 1 heterocycles. The Kier molecular flexibility index (Phi) is 1.40. The van der Waals surface area contributed by atoms with Gasteiger partial charge in [0.25, 0.3) is 0 Å². The zero-order valence-corrected chi connectivity index (χ0v) is 6.98. The largest absolute Gasteiger partial charge is 0.342 e. The molecule has 0 aliphatic rings. The number of aromatic nitrogens is 2. The molecule has 1 N–H and O–H groups in total. The number of hydrogen-bond acceptors (Lipinski definition) is 1. The Bertz CT molecular complexity index is 431. The van der Waals surface area contributed by atoms with E-state index in [1.807, 2.05) is 19.9 Å². The average molecular weight is 164 g/mol. The third kappa shape index (κ3) is 0.978. The molecule has 0 fully saturated rings. The van der Waals surface area contributed by atoms with E-state index in [-0.39, 0.29) is 5.82 Å². The molecule has 12 heavy (non-hydrogen) atoms. The second-order valence-electron chi connectivity index (χ2n) is 2.97. The maximum Gasteiger partial charge on any atom is 0.151 e. The molecule has 0 saturated heterocycles. The number of nitrogens with one attached hydrogen (secondary N) is 1. The zero-order valence-electron chi connectivity index (χ0n) is 6.98. The van der Waals surface area contributed by atoms with Crippen LogP contribution in [0.3, 0.4) is 0 Å². The Labute approximate surface area is 69.4 Å². The highest BCUT2D eigenvalue weighted by Crippen LogP contribution is 2.16. The molecule has 0 amide bonds. The maximum atomic E-state index is 13.2. The molecule has 0 spiro atoms. The molecule has 2 nitrogen and oxygen atoms in total. The summed E-state index contributed by atoms with van der Waals surface area (Å²) in [6.45, 7) is 3.67. The number of imidazole rings is 1. The standard InChI is InChI=1S/C9H9FN2/c1-5-3-7(10)9-8(4-5)11-6(2)12-9/h3-4H,1-2H3,(H,11,12). The van der Waals surface area contributed by atoms with Crippen molar-refractivity contribution < 1.29 is 4.39 Å². The van der Waals surface area contributed by atoms with Gasteiger partial charge in [0.15, 0.2) is 5.82 Å². The van der Waals surface area contributed by atoms with Crippen LogP contribution in [0.15, 0.2) is 12.1 Å². The van der Waals surface area contributed by atoms with Crippen LogP contribution in [0.2, 0.25) is 0 Å². The molecule has 0 unspecified atom stereocenters. The van der Waals surface area contributed by atoms with E-state index < -0.39 is 0 Å². The minimum Gasteiger partial charge on any atom is -0.342 e. The van der Waals surface area contributed by atoms with Crippen LogP contribution in [-0.2, 0) is 0 Å². The summed E-state index contributed by atoms with van der Waals surface area (Å²) in [5.74, 6) is 0.490. The number of rotatable bonds is 0. The van der Waals surface area contributed by atoms with Crippen LogP contribution in [0.1, 0.15) is 11.4 Å². The molecule has 2 aromatic rings. The first kappa shape index (κ1) is 7.28. The molecule has 1 aromatic heterocycles. The fourth-order valence-corrected chi connectivity index (χ4v) is 1.33. The van der Waals surface area contributed by atoms with E-state index in [9.17, 15) is 4.39 Å². The first-order valence-electron chi connectivity index (χ1n) is 3.79. The van der Waals surface area contributed by atoms with Gasteiger partial charge in [-0.1, -0.05) is 0 Å². The monoisotopic (exact) mass is 164 g/mol. The molecule has 0 aliphatic carbocycles. The molecule has 62 valence electrons. The number of H-pyrrole nitrogens is 1. The van der Waals surface area contributed by atoms with Crippen LogP contribution < -0.4 is 0 Å². The number of fused-ring (bicyclic) bond motifs is 1. The van der Waals surface area contributed by atoms with Crippen molar-refractivity contribution in [2.75, 3.05) is 0 Å². The highest BCUT2D eigenvalue weighted by atomic mass is 19.1. The van der Waals surface area contributed by atoms with E-state index in [2.05, 4.69) is 9.97 Å². The van der Waals surface area contributed by atoms with Gasteiger partial charge >= 0.3 is 0 Å². The van der Waals surface area contributed by atoms with Crippen molar-refractivity contribution in [1.82, 2.24) is 9.97 Å². The van der Waals surface area contributed by atoms with Crippen LogP contribution in [0.5, 0.6) is 0 Å². The van der Waals surface area contributed by atoms with Gasteiger partial charge in [-0.15, -0.1) is 0 Å². The lowest BCUT2D eigenvalue weighted by Gasteiger charge is -1.93. The van der Waals surface area contributed by atoms with Crippen molar-refractivity contribution in [3.8, 4) is 0 Å². The number of halogens is 1. The van der Waals surface area contributed by atoms with Gasteiger partial charge in [-0.25, -0.2) is 9.37 Å². The van der Waals surface area contributed by atoms with Gasteiger partial charge < -0.3 is 4.98 Å². The zero-order chi connectivity index (χ0) is 8.72. The van der Waals surface area contributed by atoms with Crippen molar-refractivity contribution in [3.63, 3.8) is 0 Å². The summed E-state index contributed by atoms with van der Waals surface area (Å²) in [5.41, 5.74) is 2.10. The predicted octanol–water partition coefficient (Wildman–Crippen LogP) is 2.32. The first-order chi connectivity index (χ1) is 5.66. The highest BCUT2D eigenvalue weighted by molar-refractivity contribution is 5.76. The van der Waals surface area contributed by atoms with Gasteiger partial charge in [0, 0.05) is 0 Å². The van der Waals surface area contributed by atoms with Crippen molar-refractivity contribution in [2.45, 2.75) is 13.8 Å². The lowest BCUT2D eigenvalue weighted by atomic mass is 10.2. The Morgan fingerprint density at radius 1 is 1.33 bits per heavy atom. The van der Waals surface area contributed by atoms with Crippen molar-refractivity contribution in [1.29, 1.82) is 0 Å². The van der Waals surface area contributed by atoms with Crippen LogP contribution in [0.4, 0.5) is 4.39 Å². The number of hydrogen-bond donors (Lipinski definition) is 1. The number of aromatic amines is 1. The molecule has 0 atom stereocenters. The van der Waals surface area contributed by atoms with E-state index in [1.165, 1.54) is 6.07 Å². The lowest BCUT2D eigenvalue weighted by Crippen LogP contribution is -1.80. The predicted molar refractivity (Wildman–Crippen MR) is 45.5 cm³/mol. The average Bonchev–Trinajstić information content (AvgIpc) is 2.29. The number of nitrogens with zero attached hydrogens (tertiary/aromatic N) is 1. The Hall–Kier alpha value is -1.38. The smallest absolute Gasteiger partial charge is 0.151 e. The molecular formula is C9H9FN2. The number of benzene rings is 1. The van der Waals surface area contributed by atoms with E-state index >= 15 is 0 Å². The summed E-state index contributed by atoms with van der Waals surface area (Å²) in [6, 6.07) is 3.38. The molecule has 0 saturated carbocycles. The minimum absolute atomic E-state index is 0.255. The molecule has 3 heteroatoms. The first-order valence-corrected chi connectivity index (χ1v) is 3.79. The summed E-state index contributed by atoms with van der Waals surface area (Å²) >= 11 is 0. The molecule has 1 aromatic carbocycles. The molecule has 2 rings (SSSR count). The summed E-state index contributed by atoms with van der Waals surface area (Å²) in [5, 5.41) is 0. The van der Waals surface area contributed by atoms with E-state index in [0.29, 0.717) is 5.52 Å². The van der Waals surface area contributed by atoms with Crippen LogP contribution in [0.25, 0.3) is 11.0 Å². The van der Waals surface area contributed by atoms with Gasteiger partial charge in [-0.2, -0.15) is 0 Å². The quantitative estimate of drug-likeness (QED) is 0.636. The highest BCUT2D eigenvalue weighted by Gasteiger charge is 2.05. The summed E-state index contributed by atoms with van der Waals surface area (Å²) in [7, 11) is 0. The van der Waals surface area contributed by atoms with Gasteiger partial charge in [-0.3, -0.25) is 0 Å².